The van der Waals surface area contributed by atoms with Crippen molar-refractivity contribution in [2.75, 3.05) is 60.1 Å². The number of aryl methyl sites for hydroxylation is 1. The highest BCUT2D eigenvalue weighted by Gasteiger charge is 2.52. The van der Waals surface area contributed by atoms with Gasteiger partial charge in [0.2, 0.25) is 70.9 Å². The molecule has 33 nitrogen and oxygen atoms in total. The summed E-state index contributed by atoms with van der Waals surface area (Å²) in [5, 5.41) is 77.8. The van der Waals surface area contributed by atoms with Crippen LogP contribution in [-0.4, -0.2) is 265 Å². The second-order valence-electron chi connectivity index (χ2n) is 30.6. The third kappa shape index (κ3) is 21.0. The molecule has 3 fully saturated rings. The van der Waals surface area contributed by atoms with Crippen molar-refractivity contribution < 1.29 is 102 Å². The maximum atomic E-state index is 16.2. The van der Waals surface area contributed by atoms with Crippen LogP contribution in [0.25, 0.3) is 10.9 Å². The molecule has 13 N–H and O–H groups in total. The molecule has 12 amide bonds. The Bertz CT molecular complexity index is 4370. The molecular weight excluding hydrogens is 1490 g/mol. The first kappa shape index (κ1) is 85.4. The van der Waals surface area contributed by atoms with Crippen molar-refractivity contribution in [3.05, 3.63) is 136 Å². The molecule has 0 spiro atoms. The highest BCUT2D eigenvalue weighted by molar-refractivity contribution is 6.00. The van der Waals surface area contributed by atoms with Gasteiger partial charge in [0.25, 0.3) is 0 Å². The molecule has 7 aliphatic heterocycles. The Hall–Kier alpha value is -10.5. The highest BCUT2D eigenvalue weighted by Crippen LogP contribution is 2.34. The van der Waals surface area contributed by atoms with Crippen LogP contribution in [0, 0.1) is 5.82 Å². The van der Waals surface area contributed by atoms with Gasteiger partial charge in [-0.15, -0.1) is 0 Å². The third-order valence-electron chi connectivity index (χ3n) is 22.5. The highest BCUT2D eigenvalue weighted by atomic mass is 19.1. The third-order valence-corrected chi connectivity index (χ3v) is 22.5. The topological polar surface area (TPSA) is 448 Å². The van der Waals surface area contributed by atoms with Gasteiger partial charge in [0.05, 0.1) is 32.5 Å². The predicted molar refractivity (Wildman–Crippen MR) is 410 cm³/mol. The Labute approximate surface area is 664 Å². The second-order valence-corrected chi connectivity index (χ2v) is 30.6. The van der Waals surface area contributed by atoms with E-state index >= 15 is 33.2 Å². The van der Waals surface area contributed by atoms with Gasteiger partial charge >= 0.3 is 0 Å². The van der Waals surface area contributed by atoms with E-state index in [0.29, 0.717) is 70.2 Å². The smallest absolute Gasteiger partial charge is 0.246 e. The molecule has 34 heteroatoms. The maximum Gasteiger partial charge on any atom is 0.246 e. The summed E-state index contributed by atoms with van der Waals surface area (Å²) < 4.78 is 35.3. The summed E-state index contributed by atoms with van der Waals surface area (Å²) in [6.07, 6.45) is -12.2. The van der Waals surface area contributed by atoms with Crippen LogP contribution in [-0.2, 0) is 112 Å². The molecule has 0 radical (unpaired) electrons. The minimum absolute atomic E-state index is 0.0620. The van der Waals surface area contributed by atoms with Crippen LogP contribution >= 0.6 is 0 Å². The molecular formula is C81H104FN13O20. The zero-order chi connectivity index (χ0) is 82.4. The SMILES string of the molecule is CNC(=O)CCC(=O)N(C1CCCC(=O)N2CCCCn3cc(c4cc(F)ccc43)C[C@@H]3NC(=O)[C@H](Cc4cccc(c4)CNC(=O)COC4CCN(C3=O)[C@@H]4C(=O)N[C@@H]([C@@H](C)O)C(=O)N[C@@H](Cc3ccc(OC)cc3)C(=O)N3CCC[C@@]3(C)C(=O)NCCc3ccc(cc3)C2)NC(=O)CNC(=O)C1)C1OC(CO)C(O)C(O)C1O. The Morgan fingerprint density at radius 3 is 2.18 bits per heavy atom. The number of carbonyl (C=O) groups excluding carboxylic acids is 12. The molecule has 0 saturated carbocycles. The van der Waals surface area contributed by atoms with E-state index in [9.17, 15) is 54.3 Å². The first-order valence-electron chi connectivity index (χ1n) is 39.2. The van der Waals surface area contributed by atoms with Gasteiger partial charge in [-0.3, -0.25) is 57.5 Å². The number of ether oxygens (including phenoxy) is 3. The fourth-order valence-electron chi connectivity index (χ4n) is 16.1. The quantitative estimate of drug-likeness (QED) is 0.0783. The standard InChI is InChI=1S/C81H104FN13O20/c1-46(97)69-75(108)89-58(35-48-18-21-55(113-4)22-19-48)78(111)94-32-9-28-81(94,2)80(112)84-29-26-47-14-16-49(17-15-47)42-92-31-6-5-30-91-43-52(56-38-53(82)20-23-60(56)91)37-59-77(110)93-33-27-61(70(93)76(109)90-69)114-45-66(101)85-40-51-11-7-10-50(34-51)36-57(74(107)88-59)87-65(100)41-86-64(99)39-54(12-8-13-67(92)102)95(68(103)25-24-63(98)83-3)79-73(106)72(105)71(104)62(44-96)115-79/h7,10-11,14-23,34,38,43,46,54,57-59,61-62,69-73,79,96-97,104-106H,5-6,8-9,12-13,24-33,35-37,39-42,44-45H2,1-4H3,(H,83,98)(H,84,112)(H,85,101)(H,86,99)(H,87,100)(H,88,107)(H,89,108)(H,90,109)/t46-,54?,57+,58+,59+,61?,62?,69+,70+,71?,72?,73?,79?,81+/m1/s1. The van der Waals surface area contributed by atoms with E-state index in [1.54, 1.807) is 72.6 Å². The number of carbonyl (C=O) groups is 12. The number of nitrogens with zero attached hydrogens (tertiary/aromatic N) is 5. The van der Waals surface area contributed by atoms with E-state index in [2.05, 4.69) is 42.5 Å². The number of methoxy groups -OCH3 is 1. The van der Waals surface area contributed by atoms with Crippen molar-refractivity contribution in [1.29, 1.82) is 0 Å². The first-order valence-corrected chi connectivity index (χ1v) is 39.2. The van der Waals surface area contributed by atoms with Gasteiger partial charge < -0.3 is 106 Å². The van der Waals surface area contributed by atoms with Crippen LogP contribution in [0.3, 0.4) is 0 Å². The first-order chi connectivity index (χ1) is 55.1. The molecule has 620 valence electrons. The average Bonchev–Trinajstić information content (AvgIpc) is 1.76. The minimum atomic E-state index is -2.08. The molecule has 12 rings (SSSR count). The van der Waals surface area contributed by atoms with E-state index < -0.39 is 201 Å². The molecule has 115 heavy (non-hydrogen) atoms. The van der Waals surface area contributed by atoms with Crippen molar-refractivity contribution in [2.45, 2.75) is 214 Å². The van der Waals surface area contributed by atoms with Gasteiger partial charge in [0.15, 0.2) is 6.23 Å². The zero-order valence-corrected chi connectivity index (χ0v) is 64.9. The van der Waals surface area contributed by atoms with Crippen molar-refractivity contribution in [1.82, 2.24) is 66.7 Å². The number of aliphatic hydroxyl groups is 5. The minimum Gasteiger partial charge on any atom is -0.497 e. The van der Waals surface area contributed by atoms with Crippen LogP contribution in [0.15, 0.2) is 97.2 Å². The molecule has 4 aromatic carbocycles. The Balaban J connectivity index is 1.03. The average molecular weight is 1600 g/mol. The van der Waals surface area contributed by atoms with Gasteiger partial charge in [0, 0.05) is 121 Å². The summed E-state index contributed by atoms with van der Waals surface area (Å²) in [4.78, 5) is 183. The monoisotopic (exact) mass is 1600 g/mol. The van der Waals surface area contributed by atoms with E-state index in [-0.39, 0.29) is 96.7 Å². The Kier molecular flexibility index (Phi) is 28.8. The lowest BCUT2D eigenvalue weighted by Crippen LogP contribution is -2.66. The second kappa shape index (κ2) is 38.8. The molecule has 0 aliphatic carbocycles. The van der Waals surface area contributed by atoms with Crippen molar-refractivity contribution >= 4 is 81.8 Å². The normalized spacial score (nSPS) is 27.6. The van der Waals surface area contributed by atoms with Gasteiger partial charge in [-0.1, -0.05) is 60.7 Å². The van der Waals surface area contributed by atoms with E-state index in [0.717, 1.165) is 15.4 Å². The van der Waals surface area contributed by atoms with E-state index in [1.165, 1.54) is 38.1 Å². The summed E-state index contributed by atoms with van der Waals surface area (Å²) in [5.41, 5.74) is 2.38. The molecule has 7 unspecified atom stereocenters. The molecule has 14 atom stereocenters. The van der Waals surface area contributed by atoms with Crippen LogP contribution < -0.4 is 47.3 Å². The lowest BCUT2D eigenvalue weighted by Gasteiger charge is -2.47. The number of amides is 12. The Morgan fingerprint density at radius 1 is 0.704 bits per heavy atom. The maximum absolute atomic E-state index is 16.2. The summed E-state index contributed by atoms with van der Waals surface area (Å²) >= 11 is 0. The van der Waals surface area contributed by atoms with Gasteiger partial charge in [-0.2, -0.15) is 0 Å². The van der Waals surface area contributed by atoms with E-state index in [4.69, 9.17) is 14.2 Å². The lowest BCUT2D eigenvalue weighted by atomic mass is 9.95. The molecule has 7 aliphatic rings. The fourth-order valence-corrected chi connectivity index (χ4v) is 16.1. The number of rotatable bonds is 10. The van der Waals surface area contributed by atoms with Crippen LogP contribution in [0.1, 0.15) is 118 Å². The molecule has 1 aromatic heterocycles. The molecule has 12 bridgehead atoms. The number of fused-ring (bicyclic) bond motifs is 16. The fraction of sp³-hybridized carbons (Fsp3) is 0.531. The van der Waals surface area contributed by atoms with Crippen molar-refractivity contribution in [2.24, 2.45) is 0 Å². The molecule has 5 aromatic rings. The number of halogens is 1. The van der Waals surface area contributed by atoms with E-state index in [1.807, 2.05) is 28.8 Å². The Morgan fingerprint density at radius 2 is 1.44 bits per heavy atom. The molecule has 3 saturated heterocycles. The largest absolute Gasteiger partial charge is 0.497 e. The molecule has 8 heterocycles. The van der Waals surface area contributed by atoms with Crippen LogP contribution in [0.4, 0.5) is 4.39 Å². The number of nitrogens with one attached hydrogen (secondary N) is 8. The van der Waals surface area contributed by atoms with Crippen molar-refractivity contribution in [3.8, 4) is 5.75 Å². The number of aromatic nitrogens is 1. The summed E-state index contributed by atoms with van der Waals surface area (Å²) in [7, 11) is 2.82. The predicted octanol–water partition coefficient (Wildman–Crippen LogP) is -1.17. The van der Waals surface area contributed by atoms with Crippen molar-refractivity contribution in [3.63, 3.8) is 0 Å². The number of aliphatic hydroxyl groups excluding tert-OH is 5. The summed E-state index contributed by atoms with van der Waals surface area (Å²) in [6.45, 7) is 0.703. The summed E-state index contributed by atoms with van der Waals surface area (Å²) in [6, 6.07) is 15.0. The van der Waals surface area contributed by atoms with Crippen LogP contribution in [0.5, 0.6) is 5.75 Å². The zero-order valence-electron chi connectivity index (χ0n) is 64.9. The van der Waals surface area contributed by atoms with Gasteiger partial charge in [-0.25, -0.2) is 4.39 Å². The number of benzene rings is 4. The van der Waals surface area contributed by atoms with Gasteiger partial charge in [0.1, 0.15) is 78.3 Å². The number of hydrogen-bond donors (Lipinski definition) is 13. The summed E-state index contributed by atoms with van der Waals surface area (Å²) in [5.74, 6) is -9.74. The lowest BCUT2D eigenvalue weighted by molar-refractivity contribution is -0.267. The number of hydrogen-bond acceptors (Lipinski definition) is 20. The van der Waals surface area contributed by atoms with Crippen LogP contribution in [0.2, 0.25) is 0 Å². The van der Waals surface area contributed by atoms with Gasteiger partial charge in [-0.05, 0) is 129 Å².